The zero-order valence-electron chi connectivity index (χ0n) is 9.29. The largest absolute Gasteiger partial charge is 0.0999 e. The average molecular weight is 188 g/mol. The predicted octanol–water partition coefficient (Wildman–Crippen LogP) is 4.22. The predicted molar refractivity (Wildman–Crippen MR) is 63.4 cm³/mol. The Labute approximate surface area is 87.7 Å². The van der Waals surface area contributed by atoms with E-state index in [0.29, 0.717) is 5.92 Å². The zero-order chi connectivity index (χ0) is 10.4. The molecule has 1 atom stereocenters. The molecule has 0 heterocycles. The summed E-state index contributed by atoms with van der Waals surface area (Å²) in [5, 5.41) is 0. The first-order chi connectivity index (χ1) is 6.72. The molecule has 0 aliphatic heterocycles. The molecule has 0 bridgehead atoms. The van der Waals surface area contributed by atoms with Crippen LogP contribution in [0.25, 0.3) is 0 Å². The summed E-state index contributed by atoms with van der Waals surface area (Å²) in [6.45, 7) is 8.53. The molecule has 0 heteroatoms. The third kappa shape index (κ3) is 3.78. The molecule has 0 aliphatic carbocycles. The van der Waals surface area contributed by atoms with Crippen LogP contribution in [0.15, 0.2) is 42.5 Å². The van der Waals surface area contributed by atoms with Gasteiger partial charge in [0.15, 0.2) is 0 Å². The lowest BCUT2D eigenvalue weighted by atomic mass is 9.94. The molecule has 0 spiro atoms. The van der Waals surface area contributed by atoms with Crippen molar-refractivity contribution in [1.82, 2.24) is 0 Å². The SMILES string of the molecule is C=C(CC)CC(C)Cc1ccccc1. The van der Waals surface area contributed by atoms with E-state index in [1.165, 1.54) is 17.6 Å². The first-order valence-corrected chi connectivity index (χ1v) is 5.43. The molecular formula is C14H20. The highest BCUT2D eigenvalue weighted by molar-refractivity contribution is 5.15. The highest BCUT2D eigenvalue weighted by atomic mass is 14.1. The minimum Gasteiger partial charge on any atom is -0.0999 e. The van der Waals surface area contributed by atoms with Crippen molar-refractivity contribution in [1.29, 1.82) is 0 Å². The Kier molecular flexibility index (Phi) is 4.45. The minimum atomic E-state index is 0.713. The Morgan fingerprint density at radius 3 is 2.50 bits per heavy atom. The second kappa shape index (κ2) is 5.64. The highest BCUT2D eigenvalue weighted by Gasteiger charge is 2.04. The Balaban J connectivity index is 2.41. The maximum absolute atomic E-state index is 4.05. The second-order valence-electron chi connectivity index (χ2n) is 4.10. The van der Waals surface area contributed by atoms with Gasteiger partial charge in [0.1, 0.15) is 0 Å². The quantitative estimate of drug-likeness (QED) is 0.607. The van der Waals surface area contributed by atoms with E-state index < -0.39 is 0 Å². The maximum atomic E-state index is 4.05. The van der Waals surface area contributed by atoms with Crippen LogP contribution in [-0.2, 0) is 6.42 Å². The van der Waals surface area contributed by atoms with Gasteiger partial charge in [0, 0.05) is 0 Å². The molecule has 0 radical (unpaired) electrons. The monoisotopic (exact) mass is 188 g/mol. The molecule has 0 saturated carbocycles. The van der Waals surface area contributed by atoms with Gasteiger partial charge in [-0.15, -0.1) is 0 Å². The smallest absolute Gasteiger partial charge is 0.0250 e. The van der Waals surface area contributed by atoms with E-state index in [1.54, 1.807) is 0 Å². The van der Waals surface area contributed by atoms with Crippen molar-refractivity contribution in [3.8, 4) is 0 Å². The van der Waals surface area contributed by atoms with Crippen molar-refractivity contribution in [2.75, 3.05) is 0 Å². The fourth-order valence-electron chi connectivity index (χ4n) is 1.73. The fourth-order valence-corrected chi connectivity index (χ4v) is 1.73. The highest BCUT2D eigenvalue weighted by Crippen LogP contribution is 2.17. The van der Waals surface area contributed by atoms with E-state index in [0.717, 1.165) is 12.8 Å². The Morgan fingerprint density at radius 2 is 1.93 bits per heavy atom. The van der Waals surface area contributed by atoms with Crippen molar-refractivity contribution in [3.05, 3.63) is 48.0 Å². The number of hydrogen-bond donors (Lipinski definition) is 0. The topological polar surface area (TPSA) is 0 Å². The third-order valence-corrected chi connectivity index (χ3v) is 2.56. The lowest BCUT2D eigenvalue weighted by Gasteiger charge is -2.12. The van der Waals surface area contributed by atoms with Gasteiger partial charge >= 0.3 is 0 Å². The lowest BCUT2D eigenvalue weighted by Crippen LogP contribution is -2.00. The minimum absolute atomic E-state index is 0.713. The van der Waals surface area contributed by atoms with Crippen LogP contribution < -0.4 is 0 Å². The Hall–Kier alpha value is -1.04. The Bertz CT molecular complexity index is 271. The molecule has 1 unspecified atom stereocenters. The van der Waals surface area contributed by atoms with Gasteiger partial charge in [-0.25, -0.2) is 0 Å². The summed E-state index contributed by atoms with van der Waals surface area (Å²) in [5.41, 5.74) is 2.80. The first-order valence-electron chi connectivity index (χ1n) is 5.43. The van der Waals surface area contributed by atoms with Gasteiger partial charge in [0.05, 0.1) is 0 Å². The number of benzene rings is 1. The van der Waals surface area contributed by atoms with Crippen LogP contribution in [0.2, 0.25) is 0 Å². The number of rotatable bonds is 5. The summed E-state index contributed by atoms with van der Waals surface area (Å²) in [5.74, 6) is 0.713. The van der Waals surface area contributed by atoms with Crippen molar-refractivity contribution in [3.63, 3.8) is 0 Å². The normalized spacial score (nSPS) is 12.4. The van der Waals surface area contributed by atoms with Crippen LogP contribution in [0, 0.1) is 5.92 Å². The third-order valence-electron chi connectivity index (χ3n) is 2.56. The maximum Gasteiger partial charge on any atom is -0.0250 e. The van der Waals surface area contributed by atoms with Crippen LogP contribution in [0.1, 0.15) is 32.3 Å². The molecule has 0 nitrogen and oxygen atoms in total. The summed E-state index contributed by atoms with van der Waals surface area (Å²) >= 11 is 0. The molecule has 0 amide bonds. The molecule has 1 rings (SSSR count). The molecule has 0 saturated heterocycles. The van der Waals surface area contributed by atoms with Gasteiger partial charge in [0.25, 0.3) is 0 Å². The van der Waals surface area contributed by atoms with Gasteiger partial charge in [-0.3, -0.25) is 0 Å². The lowest BCUT2D eigenvalue weighted by molar-refractivity contribution is 0.567. The molecule has 76 valence electrons. The van der Waals surface area contributed by atoms with Crippen molar-refractivity contribution in [2.45, 2.75) is 33.1 Å². The Morgan fingerprint density at radius 1 is 1.29 bits per heavy atom. The van der Waals surface area contributed by atoms with Crippen LogP contribution >= 0.6 is 0 Å². The summed E-state index contributed by atoms with van der Waals surface area (Å²) in [7, 11) is 0. The summed E-state index contributed by atoms with van der Waals surface area (Å²) in [6, 6.07) is 10.7. The van der Waals surface area contributed by atoms with Crippen LogP contribution in [0.5, 0.6) is 0 Å². The molecule has 0 N–H and O–H groups in total. The van der Waals surface area contributed by atoms with Gasteiger partial charge in [0.2, 0.25) is 0 Å². The molecule has 0 fully saturated rings. The molecule has 0 aliphatic rings. The van der Waals surface area contributed by atoms with Crippen LogP contribution in [-0.4, -0.2) is 0 Å². The van der Waals surface area contributed by atoms with Gasteiger partial charge in [-0.1, -0.05) is 56.3 Å². The molecule has 1 aromatic rings. The summed E-state index contributed by atoms with van der Waals surface area (Å²) in [4.78, 5) is 0. The van der Waals surface area contributed by atoms with Crippen molar-refractivity contribution >= 4 is 0 Å². The van der Waals surface area contributed by atoms with E-state index in [1.807, 2.05) is 0 Å². The van der Waals surface area contributed by atoms with E-state index in [4.69, 9.17) is 0 Å². The number of allylic oxidation sites excluding steroid dienone is 1. The molecule has 1 aromatic carbocycles. The van der Waals surface area contributed by atoms with E-state index in [9.17, 15) is 0 Å². The standard InChI is InChI=1S/C14H20/c1-4-12(2)10-13(3)11-14-8-6-5-7-9-14/h5-9,13H,2,4,10-11H2,1,3H3. The van der Waals surface area contributed by atoms with Gasteiger partial charge < -0.3 is 0 Å². The van der Waals surface area contributed by atoms with Crippen LogP contribution in [0.3, 0.4) is 0 Å². The van der Waals surface area contributed by atoms with E-state index in [2.05, 4.69) is 50.8 Å². The molecular weight excluding hydrogens is 168 g/mol. The summed E-state index contributed by atoms with van der Waals surface area (Å²) in [6.07, 6.45) is 3.43. The average Bonchev–Trinajstić information content (AvgIpc) is 2.19. The van der Waals surface area contributed by atoms with Crippen molar-refractivity contribution < 1.29 is 0 Å². The molecule has 14 heavy (non-hydrogen) atoms. The number of hydrogen-bond acceptors (Lipinski definition) is 0. The fraction of sp³-hybridized carbons (Fsp3) is 0.429. The first kappa shape index (κ1) is 11.0. The van der Waals surface area contributed by atoms with Gasteiger partial charge in [-0.2, -0.15) is 0 Å². The van der Waals surface area contributed by atoms with Crippen molar-refractivity contribution in [2.24, 2.45) is 5.92 Å². The zero-order valence-corrected chi connectivity index (χ0v) is 9.29. The summed E-state index contributed by atoms with van der Waals surface area (Å²) < 4.78 is 0. The van der Waals surface area contributed by atoms with Gasteiger partial charge in [-0.05, 0) is 30.7 Å². The van der Waals surface area contributed by atoms with E-state index in [-0.39, 0.29) is 0 Å². The second-order valence-corrected chi connectivity index (χ2v) is 4.10. The van der Waals surface area contributed by atoms with Crippen LogP contribution in [0.4, 0.5) is 0 Å². The van der Waals surface area contributed by atoms with E-state index >= 15 is 0 Å². The molecule has 0 aromatic heterocycles.